The summed E-state index contributed by atoms with van der Waals surface area (Å²) < 4.78 is 27.4. The van der Waals surface area contributed by atoms with Crippen molar-refractivity contribution in [3.8, 4) is 6.07 Å². The summed E-state index contributed by atoms with van der Waals surface area (Å²) in [4.78, 5) is 12.9. The molecule has 0 aliphatic carbocycles. The zero-order valence-electron chi connectivity index (χ0n) is 17.9. The van der Waals surface area contributed by atoms with E-state index in [1.807, 2.05) is 49.4 Å². The first kappa shape index (κ1) is 22.0. The second-order valence-electron chi connectivity index (χ2n) is 8.08. The van der Waals surface area contributed by atoms with Gasteiger partial charge in [-0.05, 0) is 48.2 Å². The lowest BCUT2D eigenvalue weighted by molar-refractivity contribution is -0.126. The van der Waals surface area contributed by atoms with Crippen LogP contribution >= 0.6 is 0 Å². The van der Waals surface area contributed by atoms with Crippen LogP contribution in [0, 0.1) is 17.2 Å². The number of carbonyl (C=O) groups excluding carboxylic acids is 1. The van der Waals surface area contributed by atoms with E-state index < -0.39 is 10.0 Å². The molecule has 1 fully saturated rings. The lowest BCUT2D eigenvalue weighted by atomic mass is 9.95. The average molecular weight is 448 g/mol. The Hall–Kier alpha value is -3.21. The van der Waals surface area contributed by atoms with Gasteiger partial charge in [0.05, 0.1) is 16.5 Å². The molecule has 1 N–H and O–H groups in total. The van der Waals surface area contributed by atoms with E-state index in [9.17, 15) is 18.5 Å². The van der Waals surface area contributed by atoms with Crippen LogP contribution in [0.2, 0.25) is 0 Å². The zero-order valence-corrected chi connectivity index (χ0v) is 18.7. The molecule has 0 saturated carbocycles. The highest BCUT2D eigenvalue weighted by atomic mass is 32.2. The number of sulfonamides is 1. The van der Waals surface area contributed by atoms with Gasteiger partial charge in [0.1, 0.15) is 6.07 Å². The number of hydrogen-bond donors (Lipinski definition) is 1. The van der Waals surface area contributed by atoms with Crippen LogP contribution in [-0.2, 0) is 14.8 Å². The predicted molar refractivity (Wildman–Crippen MR) is 123 cm³/mol. The summed E-state index contributed by atoms with van der Waals surface area (Å²) >= 11 is 0. The number of nitrogens with zero attached hydrogens (tertiary/aromatic N) is 2. The maximum absolute atomic E-state index is 13.0. The SMILES string of the molecule is CC(NC(=O)C1CCN(S(=O)(=O)c2ccccc2C#N)CC1)c1cccc2ccccc12. The van der Waals surface area contributed by atoms with E-state index in [-0.39, 0.29) is 41.4 Å². The van der Waals surface area contributed by atoms with Crippen molar-refractivity contribution >= 4 is 26.7 Å². The molecule has 4 rings (SSSR count). The second-order valence-corrected chi connectivity index (χ2v) is 9.99. The Balaban J connectivity index is 1.42. The molecule has 32 heavy (non-hydrogen) atoms. The first-order valence-electron chi connectivity index (χ1n) is 10.7. The second kappa shape index (κ2) is 9.11. The van der Waals surface area contributed by atoms with Crippen LogP contribution in [0.4, 0.5) is 0 Å². The molecule has 0 bridgehead atoms. The van der Waals surface area contributed by atoms with Gasteiger partial charge in [0, 0.05) is 19.0 Å². The predicted octanol–water partition coefficient (Wildman–Crippen LogP) is 3.99. The van der Waals surface area contributed by atoms with Crippen molar-refractivity contribution in [2.75, 3.05) is 13.1 Å². The van der Waals surface area contributed by atoms with Crippen molar-refractivity contribution in [1.29, 1.82) is 5.26 Å². The van der Waals surface area contributed by atoms with Crippen LogP contribution in [0.5, 0.6) is 0 Å². The molecule has 0 radical (unpaired) electrons. The fourth-order valence-electron chi connectivity index (χ4n) is 4.32. The molecule has 1 saturated heterocycles. The van der Waals surface area contributed by atoms with Gasteiger partial charge >= 0.3 is 0 Å². The summed E-state index contributed by atoms with van der Waals surface area (Å²) in [7, 11) is -3.77. The molecule has 7 heteroatoms. The maximum atomic E-state index is 13.0. The van der Waals surface area contributed by atoms with Crippen LogP contribution in [0.1, 0.15) is 36.9 Å². The van der Waals surface area contributed by atoms with E-state index in [1.165, 1.54) is 16.4 Å². The summed E-state index contributed by atoms with van der Waals surface area (Å²) in [5, 5.41) is 14.6. The zero-order chi connectivity index (χ0) is 22.7. The minimum atomic E-state index is -3.77. The van der Waals surface area contributed by atoms with Crippen LogP contribution in [0.25, 0.3) is 10.8 Å². The fraction of sp³-hybridized carbons (Fsp3) is 0.280. The Kier molecular flexibility index (Phi) is 6.26. The van der Waals surface area contributed by atoms with Crippen LogP contribution < -0.4 is 5.32 Å². The fourth-order valence-corrected chi connectivity index (χ4v) is 5.93. The summed E-state index contributed by atoms with van der Waals surface area (Å²) in [5.74, 6) is -0.301. The standard InChI is InChI=1S/C25H25N3O3S/c1-18(22-11-6-9-19-7-2-4-10-23(19)22)27-25(29)20-13-15-28(16-14-20)32(30,31)24-12-5-3-8-21(24)17-26/h2-12,18,20H,13-16H2,1H3,(H,27,29). The highest BCUT2D eigenvalue weighted by Crippen LogP contribution is 2.28. The van der Waals surface area contributed by atoms with Crippen molar-refractivity contribution in [2.45, 2.75) is 30.7 Å². The van der Waals surface area contributed by atoms with Gasteiger partial charge in [-0.3, -0.25) is 4.79 Å². The van der Waals surface area contributed by atoms with Crippen LogP contribution in [0.15, 0.2) is 71.6 Å². The van der Waals surface area contributed by atoms with Gasteiger partial charge in [-0.15, -0.1) is 0 Å². The van der Waals surface area contributed by atoms with Gasteiger partial charge in [-0.1, -0.05) is 54.6 Å². The molecule has 164 valence electrons. The molecule has 6 nitrogen and oxygen atoms in total. The van der Waals surface area contributed by atoms with E-state index in [4.69, 9.17) is 0 Å². The largest absolute Gasteiger partial charge is 0.349 e. The number of fused-ring (bicyclic) bond motifs is 1. The monoisotopic (exact) mass is 447 g/mol. The highest BCUT2D eigenvalue weighted by molar-refractivity contribution is 7.89. The van der Waals surface area contributed by atoms with E-state index in [1.54, 1.807) is 12.1 Å². The number of amides is 1. The molecule has 1 aliphatic rings. The van der Waals surface area contributed by atoms with Gasteiger partial charge in [-0.25, -0.2) is 8.42 Å². The number of piperidine rings is 1. The number of nitriles is 1. The van der Waals surface area contributed by atoms with E-state index >= 15 is 0 Å². The highest BCUT2D eigenvalue weighted by Gasteiger charge is 2.33. The van der Waals surface area contributed by atoms with E-state index in [2.05, 4.69) is 11.4 Å². The minimum Gasteiger partial charge on any atom is -0.349 e. The number of rotatable bonds is 5. The van der Waals surface area contributed by atoms with Gasteiger partial charge in [0.25, 0.3) is 0 Å². The van der Waals surface area contributed by atoms with Gasteiger partial charge in [0.15, 0.2) is 0 Å². The first-order chi connectivity index (χ1) is 15.4. The first-order valence-corrected chi connectivity index (χ1v) is 12.1. The molecule has 0 spiro atoms. The Bertz CT molecular complexity index is 1280. The maximum Gasteiger partial charge on any atom is 0.244 e. The number of hydrogen-bond acceptors (Lipinski definition) is 4. The third kappa shape index (κ3) is 4.24. The van der Waals surface area contributed by atoms with Gasteiger partial charge in [-0.2, -0.15) is 9.57 Å². The summed E-state index contributed by atoms with van der Waals surface area (Å²) in [6.07, 6.45) is 0.893. The molecule has 3 aromatic carbocycles. The van der Waals surface area contributed by atoms with Crippen molar-refractivity contribution in [3.63, 3.8) is 0 Å². The van der Waals surface area contributed by atoms with Crippen molar-refractivity contribution in [3.05, 3.63) is 77.9 Å². The third-order valence-electron chi connectivity index (χ3n) is 6.10. The minimum absolute atomic E-state index is 0.0231. The van der Waals surface area contributed by atoms with E-state index in [0.717, 1.165) is 16.3 Å². The molecule has 1 amide bonds. The Morgan fingerprint density at radius 3 is 2.44 bits per heavy atom. The summed E-state index contributed by atoms with van der Waals surface area (Å²) in [5.41, 5.74) is 1.20. The van der Waals surface area contributed by atoms with Gasteiger partial charge in [0.2, 0.25) is 15.9 Å². The molecule has 1 unspecified atom stereocenters. The van der Waals surface area contributed by atoms with Crippen molar-refractivity contribution in [1.82, 2.24) is 9.62 Å². The van der Waals surface area contributed by atoms with Crippen molar-refractivity contribution in [2.24, 2.45) is 5.92 Å². The lowest BCUT2D eigenvalue weighted by Gasteiger charge is -2.31. The van der Waals surface area contributed by atoms with Crippen LogP contribution in [-0.4, -0.2) is 31.7 Å². The Morgan fingerprint density at radius 2 is 1.69 bits per heavy atom. The smallest absolute Gasteiger partial charge is 0.244 e. The molecule has 0 aromatic heterocycles. The normalized spacial score (nSPS) is 16.4. The molecular formula is C25H25N3O3S. The summed E-state index contributed by atoms with van der Waals surface area (Å²) in [6, 6.07) is 22.2. The number of nitrogens with one attached hydrogen (secondary N) is 1. The van der Waals surface area contributed by atoms with E-state index in [0.29, 0.717) is 12.8 Å². The molecule has 3 aromatic rings. The summed E-state index contributed by atoms with van der Waals surface area (Å²) in [6.45, 7) is 2.48. The Labute approximate surface area is 188 Å². The average Bonchev–Trinajstić information content (AvgIpc) is 2.83. The van der Waals surface area contributed by atoms with Crippen molar-refractivity contribution < 1.29 is 13.2 Å². The van der Waals surface area contributed by atoms with Gasteiger partial charge < -0.3 is 5.32 Å². The number of benzene rings is 3. The topological polar surface area (TPSA) is 90.3 Å². The Morgan fingerprint density at radius 1 is 1.03 bits per heavy atom. The lowest BCUT2D eigenvalue weighted by Crippen LogP contribution is -2.43. The number of carbonyl (C=O) groups is 1. The molecule has 1 aliphatic heterocycles. The molecular weight excluding hydrogens is 422 g/mol. The molecule has 1 atom stereocenters. The molecule has 1 heterocycles. The quantitative estimate of drug-likeness (QED) is 0.640. The third-order valence-corrected chi connectivity index (χ3v) is 8.06. The van der Waals surface area contributed by atoms with Crippen LogP contribution in [0.3, 0.4) is 0 Å².